The summed E-state index contributed by atoms with van der Waals surface area (Å²) in [5, 5.41) is 4.43. The van der Waals surface area contributed by atoms with Gasteiger partial charge in [-0.3, -0.25) is 4.68 Å². The van der Waals surface area contributed by atoms with Crippen molar-refractivity contribution in [2.75, 3.05) is 4.90 Å². The standard InChI is InChI=1S/C12H12BrN3/c1-15-5-4-12(14-15)16-7-9-2-3-11(13)6-10(9)8-16/h2-6H,7-8H2,1H3. The Balaban J connectivity index is 1.90. The number of rotatable bonds is 1. The van der Waals surface area contributed by atoms with Gasteiger partial charge in [-0.25, -0.2) is 0 Å². The second-order valence-corrected chi connectivity index (χ2v) is 5.03. The molecule has 0 unspecified atom stereocenters. The predicted octanol–water partition coefficient (Wildman–Crippen LogP) is 2.70. The topological polar surface area (TPSA) is 21.1 Å². The third-order valence-electron chi connectivity index (χ3n) is 2.91. The van der Waals surface area contributed by atoms with Crippen LogP contribution in [-0.4, -0.2) is 9.78 Å². The lowest BCUT2D eigenvalue weighted by Gasteiger charge is -2.13. The summed E-state index contributed by atoms with van der Waals surface area (Å²) in [5.41, 5.74) is 2.79. The first-order valence-corrected chi connectivity index (χ1v) is 6.03. The van der Waals surface area contributed by atoms with E-state index < -0.39 is 0 Å². The van der Waals surface area contributed by atoms with Crippen LogP contribution in [0.2, 0.25) is 0 Å². The average Bonchev–Trinajstić information content (AvgIpc) is 2.83. The van der Waals surface area contributed by atoms with Crippen LogP contribution in [0, 0.1) is 0 Å². The zero-order valence-corrected chi connectivity index (χ0v) is 10.6. The van der Waals surface area contributed by atoms with Crippen LogP contribution in [0.25, 0.3) is 0 Å². The summed E-state index contributed by atoms with van der Waals surface area (Å²) in [6.45, 7) is 1.91. The Morgan fingerprint density at radius 1 is 1.19 bits per heavy atom. The molecule has 2 aromatic rings. The van der Waals surface area contributed by atoms with E-state index in [1.54, 1.807) is 0 Å². The summed E-state index contributed by atoms with van der Waals surface area (Å²) < 4.78 is 2.99. The molecule has 4 heteroatoms. The van der Waals surface area contributed by atoms with Crippen LogP contribution in [0.5, 0.6) is 0 Å². The zero-order chi connectivity index (χ0) is 11.1. The van der Waals surface area contributed by atoms with E-state index in [1.165, 1.54) is 11.1 Å². The highest BCUT2D eigenvalue weighted by Gasteiger charge is 2.20. The number of hydrogen-bond acceptors (Lipinski definition) is 2. The van der Waals surface area contributed by atoms with Gasteiger partial charge in [-0.2, -0.15) is 5.10 Å². The summed E-state index contributed by atoms with van der Waals surface area (Å²) in [7, 11) is 1.95. The van der Waals surface area contributed by atoms with Crippen molar-refractivity contribution < 1.29 is 0 Å². The third kappa shape index (κ3) is 1.63. The van der Waals surface area contributed by atoms with Crippen LogP contribution in [-0.2, 0) is 20.1 Å². The Morgan fingerprint density at radius 2 is 2.00 bits per heavy atom. The lowest BCUT2D eigenvalue weighted by molar-refractivity contribution is 0.744. The van der Waals surface area contributed by atoms with Crippen molar-refractivity contribution in [1.82, 2.24) is 9.78 Å². The van der Waals surface area contributed by atoms with Gasteiger partial charge in [0.15, 0.2) is 5.82 Å². The molecule has 82 valence electrons. The van der Waals surface area contributed by atoms with E-state index >= 15 is 0 Å². The number of aromatic nitrogens is 2. The molecule has 0 fully saturated rings. The molecule has 0 bridgehead atoms. The van der Waals surface area contributed by atoms with Crippen molar-refractivity contribution in [1.29, 1.82) is 0 Å². The minimum atomic E-state index is 0.950. The molecular weight excluding hydrogens is 266 g/mol. The lowest BCUT2D eigenvalue weighted by Crippen LogP contribution is -2.15. The fourth-order valence-corrected chi connectivity index (χ4v) is 2.51. The second-order valence-electron chi connectivity index (χ2n) is 4.12. The fraction of sp³-hybridized carbons (Fsp3) is 0.250. The molecule has 1 aliphatic rings. The third-order valence-corrected chi connectivity index (χ3v) is 3.41. The summed E-state index contributed by atoms with van der Waals surface area (Å²) in [6, 6.07) is 8.53. The molecule has 1 aliphatic heterocycles. The van der Waals surface area contributed by atoms with Crippen molar-refractivity contribution >= 4 is 21.7 Å². The average molecular weight is 278 g/mol. The number of aryl methyl sites for hydroxylation is 1. The van der Waals surface area contributed by atoms with Crippen LogP contribution in [0.1, 0.15) is 11.1 Å². The second kappa shape index (κ2) is 3.63. The molecule has 2 heterocycles. The van der Waals surface area contributed by atoms with Gasteiger partial charge in [0, 0.05) is 36.9 Å². The number of nitrogens with zero attached hydrogens (tertiary/aromatic N) is 3. The maximum absolute atomic E-state index is 4.43. The summed E-state index contributed by atoms with van der Waals surface area (Å²) >= 11 is 3.51. The summed E-state index contributed by atoms with van der Waals surface area (Å²) in [5.74, 6) is 1.05. The van der Waals surface area contributed by atoms with Gasteiger partial charge in [0.2, 0.25) is 0 Å². The van der Waals surface area contributed by atoms with Crippen LogP contribution in [0.4, 0.5) is 5.82 Å². The van der Waals surface area contributed by atoms with Gasteiger partial charge in [0.1, 0.15) is 0 Å². The molecule has 0 spiro atoms. The molecule has 1 aromatic heterocycles. The van der Waals surface area contributed by atoms with E-state index in [0.29, 0.717) is 0 Å². The van der Waals surface area contributed by atoms with Crippen molar-refractivity contribution in [2.45, 2.75) is 13.1 Å². The van der Waals surface area contributed by atoms with E-state index in [-0.39, 0.29) is 0 Å². The first kappa shape index (κ1) is 9.90. The smallest absolute Gasteiger partial charge is 0.151 e. The van der Waals surface area contributed by atoms with Gasteiger partial charge in [0.25, 0.3) is 0 Å². The molecule has 0 saturated heterocycles. The van der Waals surface area contributed by atoms with Gasteiger partial charge in [-0.1, -0.05) is 22.0 Å². The molecular formula is C12H12BrN3. The Labute approximate surface area is 103 Å². The Morgan fingerprint density at radius 3 is 2.75 bits per heavy atom. The first-order valence-electron chi connectivity index (χ1n) is 5.24. The minimum absolute atomic E-state index is 0.950. The highest BCUT2D eigenvalue weighted by molar-refractivity contribution is 9.10. The fourth-order valence-electron chi connectivity index (χ4n) is 2.10. The highest BCUT2D eigenvalue weighted by Crippen LogP contribution is 2.28. The van der Waals surface area contributed by atoms with E-state index in [0.717, 1.165) is 23.4 Å². The molecule has 0 radical (unpaired) electrons. The molecule has 16 heavy (non-hydrogen) atoms. The largest absolute Gasteiger partial charge is 0.346 e. The van der Waals surface area contributed by atoms with Crippen molar-refractivity contribution in [3.63, 3.8) is 0 Å². The Hall–Kier alpha value is -1.29. The molecule has 1 aromatic carbocycles. The molecule has 3 nitrogen and oxygen atoms in total. The number of benzene rings is 1. The quantitative estimate of drug-likeness (QED) is 0.799. The van der Waals surface area contributed by atoms with Gasteiger partial charge in [-0.05, 0) is 23.3 Å². The molecule has 0 N–H and O–H groups in total. The maximum atomic E-state index is 4.43. The van der Waals surface area contributed by atoms with Gasteiger partial charge >= 0.3 is 0 Å². The van der Waals surface area contributed by atoms with Crippen molar-refractivity contribution in [3.05, 3.63) is 46.1 Å². The van der Waals surface area contributed by atoms with Crippen molar-refractivity contribution in [2.24, 2.45) is 7.05 Å². The molecule has 0 amide bonds. The summed E-state index contributed by atoms with van der Waals surface area (Å²) in [6.07, 6.45) is 1.98. The SMILES string of the molecule is Cn1ccc(N2Cc3ccc(Br)cc3C2)n1. The highest BCUT2D eigenvalue weighted by atomic mass is 79.9. The Kier molecular flexibility index (Phi) is 2.24. The monoisotopic (exact) mass is 277 g/mol. The van der Waals surface area contributed by atoms with Gasteiger partial charge < -0.3 is 4.90 Å². The molecule has 0 aliphatic carbocycles. The minimum Gasteiger partial charge on any atom is -0.346 e. The summed E-state index contributed by atoms with van der Waals surface area (Å²) in [4.78, 5) is 2.29. The van der Waals surface area contributed by atoms with E-state index in [1.807, 2.05) is 17.9 Å². The molecule has 3 rings (SSSR count). The van der Waals surface area contributed by atoms with Crippen LogP contribution in [0.3, 0.4) is 0 Å². The van der Waals surface area contributed by atoms with Gasteiger partial charge in [0.05, 0.1) is 0 Å². The van der Waals surface area contributed by atoms with Crippen molar-refractivity contribution in [3.8, 4) is 0 Å². The first-order chi connectivity index (χ1) is 7.72. The number of fused-ring (bicyclic) bond motifs is 1. The maximum Gasteiger partial charge on any atom is 0.151 e. The molecule has 0 saturated carbocycles. The predicted molar refractivity (Wildman–Crippen MR) is 67.2 cm³/mol. The number of anilines is 1. The van der Waals surface area contributed by atoms with Crippen LogP contribution in [0.15, 0.2) is 34.9 Å². The van der Waals surface area contributed by atoms with Crippen LogP contribution >= 0.6 is 15.9 Å². The Bertz CT molecular complexity index is 533. The normalized spacial score (nSPS) is 14.2. The number of halogens is 1. The van der Waals surface area contributed by atoms with E-state index in [2.05, 4.69) is 50.2 Å². The van der Waals surface area contributed by atoms with E-state index in [9.17, 15) is 0 Å². The number of hydrogen-bond donors (Lipinski definition) is 0. The van der Waals surface area contributed by atoms with Gasteiger partial charge in [-0.15, -0.1) is 0 Å². The van der Waals surface area contributed by atoms with E-state index in [4.69, 9.17) is 0 Å². The lowest BCUT2D eigenvalue weighted by atomic mass is 10.1. The zero-order valence-electron chi connectivity index (χ0n) is 9.02. The molecule has 0 atom stereocenters. The van der Waals surface area contributed by atoms with Crippen LogP contribution < -0.4 is 4.90 Å².